The van der Waals surface area contributed by atoms with Crippen molar-refractivity contribution in [3.63, 3.8) is 0 Å². The Morgan fingerprint density at radius 1 is 0.413 bits per heavy atom. The van der Waals surface area contributed by atoms with E-state index in [0.29, 0.717) is 6.42 Å². The van der Waals surface area contributed by atoms with Crippen LogP contribution in [0, 0.1) is 11.8 Å². The lowest BCUT2D eigenvalue weighted by atomic mass is 9.78. The van der Waals surface area contributed by atoms with E-state index in [9.17, 15) is 9.59 Å². The molecule has 4 nitrogen and oxygen atoms in total. The van der Waals surface area contributed by atoms with Crippen molar-refractivity contribution in [2.24, 2.45) is 11.8 Å². The van der Waals surface area contributed by atoms with Gasteiger partial charge < -0.3 is 9.47 Å². The van der Waals surface area contributed by atoms with Crippen molar-refractivity contribution in [2.75, 3.05) is 0 Å². The molecule has 0 spiro atoms. The standard InChI is InChI=1S/C42H78O4/c1-6-11-14-17-20-24-29-34-38(33-28-23-19-16-13-8-3)39(35-30-25-21-18-15-12-7-2)36-31-26-22-27-32-37-42(45-40(43)9-4)46-41(44)10-5/h9-10,38-39,42H,4-8,11-37H2,1-3H3. The Hall–Kier alpha value is -1.58. The predicted molar refractivity (Wildman–Crippen MR) is 199 cm³/mol. The molecule has 0 rings (SSSR count). The molecule has 0 saturated carbocycles. The molecule has 4 heteroatoms. The van der Waals surface area contributed by atoms with Crippen molar-refractivity contribution in [1.82, 2.24) is 0 Å². The normalized spacial score (nSPS) is 12.6. The van der Waals surface area contributed by atoms with Gasteiger partial charge in [-0.25, -0.2) is 9.59 Å². The van der Waals surface area contributed by atoms with Gasteiger partial charge in [-0.15, -0.1) is 0 Å². The Balaban J connectivity index is 4.95. The Morgan fingerprint density at radius 2 is 0.652 bits per heavy atom. The highest BCUT2D eigenvalue weighted by Crippen LogP contribution is 2.34. The van der Waals surface area contributed by atoms with Crippen molar-refractivity contribution in [3.05, 3.63) is 25.3 Å². The molecule has 0 fully saturated rings. The molecule has 46 heavy (non-hydrogen) atoms. The highest BCUT2D eigenvalue weighted by molar-refractivity contribution is 5.83. The molecule has 0 aliphatic rings. The van der Waals surface area contributed by atoms with Gasteiger partial charge in [0, 0.05) is 18.6 Å². The summed E-state index contributed by atoms with van der Waals surface area (Å²) < 4.78 is 10.4. The van der Waals surface area contributed by atoms with Crippen LogP contribution in [0.1, 0.15) is 213 Å². The van der Waals surface area contributed by atoms with Gasteiger partial charge in [0.1, 0.15) is 0 Å². The van der Waals surface area contributed by atoms with Crippen molar-refractivity contribution in [1.29, 1.82) is 0 Å². The molecule has 2 unspecified atom stereocenters. The Kier molecular flexibility index (Phi) is 33.6. The van der Waals surface area contributed by atoms with Crippen LogP contribution in [-0.2, 0) is 19.1 Å². The number of esters is 2. The van der Waals surface area contributed by atoms with Gasteiger partial charge in [-0.3, -0.25) is 0 Å². The summed E-state index contributed by atoms with van der Waals surface area (Å²) in [6.45, 7) is 13.8. The monoisotopic (exact) mass is 647 g/mol. The molecule has 0 bridgehead atoms. The zero-order valence-corrected chi connectivity index (χ0v) is 31.1. The summed E-state index contributed by atoms with van der Waals surface area (Å²) in [4.78, 5) is 23.3. The molecule has 0 radical (unpaired) electrons. The molecule has 0 aromatic carbocycles. The van der Waals surface area contributed by atoms with E-state index in [1.54, 1.807) is 0 Å². The molecule has 0 aliphatic heterocycles. The van der Waals surface area contributed by atoms with E-state index in [2.05, 4.69) is 33.9 Å². The first-order valence-electron chi connectivity index (χ1n) is 20.2. The van der Waals surface area contributed by atoms with Gasteiger partial charge in [-0.2, -0.15) is 0 Å². The second kappa shape index (κ2) is 34.7. The van der Waals surface area contributed by atoms with E-state index in [1.165, 1.54) is 173 Å². The summed E-state index contributed by atoms with van der Waals surface area (Å²) in [5.41, 5.74) is 0. The van der Waals surface area contributed by atoms with Crippen LogP contribution in [-0.4, -0.2) is 18.2 Å². The lowest BCUT2D eigenvalue weighted by Gasteiger charge is -2.28. The number of rotatable bonds is 36. The highest BCUT2D eigenvalue weighted by atomic mass is 16.7. The minimum atomic E-state index is -0.864. The minimum absolute atomic E-state index is 0.513. The third kappa shape index (κ3) is 28.6. The van der Waals surface area contributed by atoms with Crippen molar-refractivity contribution >= 4 is 11.9 Å². The van der Waals surface area contributed by atoms with Gasteiger partial charge in [-0.1, -0.05) is 214 Å². The van der Waals surface area contributed by atoms with Crippen LogP contribution in [0.15, 0.2) is 25.3 Å². The zero-order valence-electron chi connectivity index (χ0n) is 31.1. The topological polar surface area (TPSA) is 52.6 Å². The van der Waals surface area contributed by atoms with Gasteiger partial charge in [0.15, 0.2) is 0 Å². The maximum absolute atomic E-state index is 11.6. The Morgan fingerprint density at radius 3 is 0.913 bits per heavy atom. The molecular weight excluding hydrogens is 568 g/mol. The smallest absolute Gasteiger partial charge is 0.333 e. The number of unbranched alkanes of at least 4 members (excludes halogenated alkanes) is 21. The maximum Gasteiger partial charge on any atom is 0.333 e. The first-order valence-corrected chi connectivity index (χ1v) is 20.2. The summed E-state index contributed by atoms with van der Waals surface area (Å²) in [5.74, 6) is 0.649. The second-order valence-corrected chi connectivity index (χ2v) is 14.0. The minimum Gasteiger partial charge on any atom is -0.422 e. The fourth-order valence-electron chi connectivity index (χ4n) is 6.89. The Labute approximate surface area is 287 Å². The first kappa shape index (κ1) is 44.4. The SMILES string of the molecule is C=CC(=O)OC(CCCCCCCC(CCCCCCCCC)C(CCCCCCCC)CCCCCCCCC)OC(=O)C=C. The molecule has 0 amide bonds. The van der Waals surface area contributed by atoms with Gasteiger partial charge >= 0.3 is 11.9 Å². The third-order valence-electron chi connectivity index (χ3n) is 9.80. The van der Waals surface area contributed by atoms with E-state index < -0.39 is 18.2 Å². The molecule has 0 aromatic heterocycles. The number of hydrogen-bond acceptors (Lipinski definition) is 4. The predicted octanol–water partition coefficient (Wildman–Crippen LogP) is 13.8. The lowest BCUT2D eigenvalue weighted by Crippen LogP contribution is -2.23. The molecule has 270 valence electrons. The molecule has 0 aromatic rings. The quantitative estimate of drug-likeness (QED) is 0.0294. The third-order valence-corrected chi connectivity index (χ3v) is 9.80. The van der Waals surface area contributed by atoms with E-state index in [1.807, 2.05) is 0 Å². The fourth-order valence-corrected chi connectivity index (χ4v) is 6.89. The van der Waals surface area contributed by atoms with Crippen LogP contribution in [0.4, 0.5) is 0 Å². The van der Waals surface area contributed by atoms with Gasteiger partial charge in [-0.05, 0) is 18.3 Å². The van der Waals surface area contributed by atoms with Gasteiger partial charge in [0.25, 0.3) is 0 Å². The summed E-state index contributed by atoms with van der Waals surface area (Å²) in [6, 6.07) is 0. The average molecular weight is 647 g/mol. The first-order chi connectivity index (χ1) is 22.5. The van der Waals surface area contributed by atoms with E-state index in [0.717, 1.165) is 36.8 Å². The number of carbonyl (C=O) groups excluding carboxylic acids is 2. The summed E-state index contributed by atoms with van der Waals surface area (Å²) in [5, 5.41) is 0. The average Bonchev–Trinajstić information content (AvgIpc) is 3.06. The lowest BCUT2D eigenvalue weighted by molar-refractivity contribution is -0.182. The molecule has 0 aliphatic carbocycles. The van der Waals surface area contributed by atoms with Crippen molar-refractivity contribution in [3.8, 4) is 0 Å². The van der Waals surface area contributed by atoms with Gasteiger partial charge in [0.05, 0.1) is 0 Å². The molecule has 2 atom stereocenters. The molecule has 0 saturated heterocycles. The number of hydrogen-bond donors (Lipinski definition) is 0. The zero-order chi connectivity index (χ0) is 33.9. The van der Waals surface area contributed by atoms with Crippen LogP contribution in [0.3, 0.4) is 0 Å². The van der Waals surface area contributed by atoms with E-state index >= 15 is 0 Å². The molecule has 0 heterocycles. The second-order valence-electron chi connectivity index (χ2n) is 14.0. The van der Waals surface area contributed by atoms with E-state index in [-0.39, 0.29) is 0 Å². The number of carbonyl (C=O) groups is 2. The van der Waals surface area contributed by atoms with Crippen molar-refractivity contribution < 1.29 is 19.1 Å². The van der Waals surface area contributed by atoms with Crippen LogP contribution >= 0.6 is 0 Å². The molecule has 0 N–H and O–H groups in total. The molecular formula is C42H78O4. The summed E-state index contributed by atoms with van der Waals surface area (Å²) in [7, 11) is 0. The van der Waals surface area contributed by atoms with E-state index in [4.69, 9.17) is 9.47 Å². The van der Waals surface area contributed by atoms with Crippen LogP contribution in [0.5, 0.6) is 0 Å². The highest BCUT2D eigenvalue weighted by Gasteiger charge is 2.21. The van der Waals surface area contributed by atoms with Gasteiger partial charge in [0.2, 0.25) is 6.29 Å². The summed E-state index contributed by atoms with van der Waals surface area (Å²) in [6.07, 6.45) is 41.2. The number of ether oxygens (including phenoxy) is 2. The summed E-state index contributed by atoms with van der Waals surface area (Å²) >= 11 is 0. The van der Waals surface area contributed by atoms with Crippen LogP contribution in [0.2, 0.25) is 0 Å². The Bertz CT molecular complexity index is 680. The maximum atomic E-state index is 11.6. The van der Waals surface area contributed by atoms with Crippen molar-refractivity contribution in [2.45, 2.75) is 220 Å². The van der Waals surface area contributed by atoms with Crippen LogP contribution < -0.4 is 0 Å². The van der Waals surface area contributed by atoms with Crippen LogP contribution in [0.25, 0.3) is 0 Å². The largest absolute Gasteiger partial charge is 0.422 e. The fraction of sp³-hybridized carbons (Fsp3) is 0.857.